The fraction of sp³-hybridized carbons (Fsp3) is 0.375. The summed E-state index contributed by atoms with van der Waals surface area (Å²) in [5, 5.41) is 7.07. The molecule has 3 aromatic rings. The van der Waals surface area contributed by atoms with Crippen LogP contribution < -0.4 is 10.6 Å². The number of hydrogen-bond donors (Lipinski definition) is 2. The summed E-state index contributed by atoms with van der Waals surface area (Å²) in [7, 11) is 0. The average molecular weight is 534 g/mol. The smallest absolute Gasteiger partial charge is 0.191 e. The molecule has 4 rings (SSSR count). The monoisotopic (exact) mass is 534 g/mol. The number of aliphatic imine (C=N–C) groups is 1. The Morgan fingerprint density at radius 2 is 1.65 bits per heavy atom. The van der Waals surface area contributed by atoms with E-state index in [1.165, 1.54) is 5.56 Å². The standard InChI is InChI=1S/C24H30N4O2.HI/c1-2-6-20(7-3-1)19-28-14-11-21(12-15-28)27-24(26-18-23-9-5-17-30-23)25-13-10-22-8-4-16-29-22;/h1-9,16-17,21H,10-15,18-19H2,(H2,25,26,27);1H. The summed E-state index contributed by atoms with van der Waals surface area (Å²) in [4.78, 5) is 7.25. The van der Waals surface area contributed by atoms with Crippen LogP contribution in [0.3, 0.4) is 0 Å². The summed E-state index contributed by atoms with van der Waals surface area (Å²) in [6, 6.07) is 18.9. The molecule has 0 radical (unpaired) electrons. The van der Waals surface area contributed by atoms with Crippen LogP contribution in [0, 0.1) is 0 Å². The summed E-state index contributed by atoms with van der Waals surface area (Å²) >= 11 is 0. The van der Waals surface area contributed by atoms with E-state index in [1.807, 2.05) is 24.3 Å². The summed E-state index contributed by atoms with van der Waals surface area (Å²) in [6.07, 6.45) is 6.43. The molecule has 6 nitrogen and oxygen atoms in total. The lowest BCUT2D eigenvalue weighted by Crippen LogP contribution is -2.48. The third kappa shape index (κ3) is 7.74. The van der Waals surface area contributed by atoms with Crippen molar-refractivity contribution in [2.75, 3.05) is 19.6 Å². The average Bonchev–Trinajstić information content (AvgIpc) is 3.48. The van der Waals surface area contributed by atoms with Gasteiger partial charge in [0, 0.05) is 38.6 Å². The van der Waals surface area contributed by atoms with Gasteiger partial charge in [-0.15, -0.1) is 24.0 Å². The van der Waals surface area contributed by atoms with Crippen molar-refractivity contribution in [2.24, 2.45) is 4.99 Å². The van der Waals surface area contributed by atoms with Gasteiger partial charge < -0.3 is 19.5 Å². The molecule has 0 amide bonds. The lowest BCUT2D eigenvalue weighted by Gasteiger charge is -2.33. The van der Waals surface area contributed by atoms with E-state index in [0.717, 1.165) is 62.9 Å². The number of guanidine groups is 1. The molecule has 7 heteroatoms. The first-order valence-electron chi connectivity index (χ1n) is 10.7. The molecule has 31 heavy (non-hydrogen) atoms. The van der Waals surface area contributed by atoms with Gasteiger partial charge in [0.15, 0.2) is 5.96 Å². The minimum atomic E-state index is 0. The molecular formula is C24H31IN4O2. The van der Waals surface area contributed by atoms with Crippen LogP contribution in [0.5, 0.6) is 0 Å². The van der Waals surface area contributed by atoms with Gasteiger partial charge in [0.25, 0.3) is 0 Å². The number of furan rings is 2. The zero-order chi connectivity index (χ0) is 20.4. The van der Waals surface area contributed by atoms with E-state index < -0.39 is 0 Å². The van der Waals surface area contributed by atoms with Crippen molar-refractivity contribution in [3.05, 3.63) is 84.2 Å². The zero-order valence-corrected chi connectivity index (χ0v) is 20.0. The van der Waals surface area contributed by atoms with Crippen LogP contribution >= 0.6 is 24.0 Å². The summed E-state index contributed by atoms with van der Waals surface area (Å²) in [6.45, 7) is 4.49. The predicted octanol–water partition coefficient (Wildman–Crippen LogP) is 4.43. The number of nitrogens with one attached hydrogen (secondary N) is 2. The molecule has 0 bridgehead atoms. The van der Waals surface area contributed by atoms with Crippen LogP contribution in [0.4, 0.5) is 0 Å². The van der Waals surface area contributed by atoms with E-state index >= 15 is 0 Å². The molecule has 1 fully saturated rings. The maximum absolute atomic E-state index is 5.42. The van der Waals surface area contributed by atoms with Gasteiger partial charge >= 0.3 is 0 Å². The van der Waals surface area contributed by atoms with E-state index in [1.54, 1.807) is 12.5 Å². The van der Waals surface area contributed by atoms with E-state index in [4.69, 9.17) is 13.8 Å². The Bertz CT molecular complexity index is 874. The van der Waals surface area contributed by atoms with Crippen molar-refractivity contribution < 1.29 is 8.83 Å². The molecule has 0 spiro atoms. The molecule has 0 unspecified atom stereocenters. The molecule has 0 aliphatic carbocycles. The minimum Gasteiger partial charge on any atom is -0.469 e. The molecular weight excluding hydrogens is 503 g/mol. The second-order valence-electron chi connectivity index (χ2n) is 7.68. The van der Waals surface area contributed by atoms with E-state index in [-0.39, 0.29) is 24.0 Å². The summed E-state index contributed by atoms with van der Waals surface area (Å²) < 4.78 is 10.8. The Morgan fingerprint density at radius 3 is 2.32 bits per heavy atom. The zero-order valence-electron chi connectivity index (χ0n) is 17.7. The van der Waals surface area contributed by atoms with Crippen molar-refractivity contribution in [1.82, 2.24) is 15.5 Å². The lowest BCUT2D eigenvalue weighted by atomic mass is 10.0. The SMILES string of the molecule is I.c1ccc(CN2CCC(NC(=NCc3ccco3)NCCc3ccco3)CC2)cc1. The van der Waals surface area contributed by atoms with Crippen LogP contribution in [0.1, 0.15) is 29.9 Å². The number of halogens is 1. The molecule has 1 aliphatic heterocycles. The van der Waals surface area contributed by atoms with E-state index in [9.17, 15) is 0 Å². The molecule has 0 saturated carbocycles. The number of benzene rings is 1. The van der Waals surface area contributed by atoms with Gasteiger partial charge in [0.05, 0.1) is 12.5 Å². The number of hydrogen-bond acceptors (Lipinski definition) is 4. The summed E-state index contributed by atoms with van der Waals surface area (Å²) in [5.41, 5.74) is 1.38. The Morgan fingerprint density at radius 1 is 0.935 bits per heavy atom. The Balaban J connectivity index is 0.00000272. The first kappa shape index (κ1) is 23.4. The van der Waals surface area contributed by atoms with Crippen LogP contribution in [0.15, 0.2) is 81.0 Å². The first-order chi connectivity index (χ1) is 14.8. The Labute approximate surface area is 201 Å². The lowest BCUT2D eigenvalue weighted by molar-refractivity contribution is 0.198. The highest BCUT2D eigenvalue weighted by Gasteiger charge is 2.20. The largest absolute Gasteiger partial charge is 0.469 e. The molecule has 2 aromatic heterocycles. The predicted molar refractivity (Wildman–Crippen MR) is 134 cm³/mol. The highest BCUT2D eigenvalue weighted by molar-refractivity contribution is 14.0. The van der Waals surface area contributed by atoms with Crippen molar-refractivity contribution >= 4 is 29.9 Å². The Hall–Kier alpha value is -2.26. The number of piperidine rings is 1. The van der Waals surface area contributed by atoms with Gasteiger partial charge in [-0.2, -0.15) is 0 Å². The van der Waals surface area contributed by atoms with E-state index in [0.29, 0.717) is 12.6 Å². The maximum atomic E-state index is 5.42. The van der Waals surface area contributed by atoms with Gasteiger partial charge in [0.1, 0.15) is 18.1 Å². The highest BCUT2D eigenvalue weighted by Crippen LogP contribution is 2.14. The van der Waals surface area contributed by atoms with Crippen molar-refractivity contribution in [3.63, 3.8) is 0 Å². The van der Waals surface area contributed by atoms with Gasteiger partial charge in [-0.3, -0.25) is 4.90 Å². The summed E-state index contributed by atoms with van der Waals surface area (Å²) in [5.74, 6) is 2.67. The fourth-order valence-corrected chi connectivity index (χ4v) is 3.74. The van der Waals surface area contributed by atoms with Gasteiger partial charge in [-0.05, 0) is 42.7 Å². The van der Waals surface area contributed by atoms with Crippen LogP contribution in [0.25, 0.3) is 0 Å². The van der Waals surface area contributed by atoms with Crippen molar-refractivity contribution in [1.29, 1.82) is 0 Å². The topological polar surface area (TPSA) is 65.9 Å². The van der Waals surface area contributed by atoms with Crippen LogP contribution in [0.2, 0.25) is 0 Å². The third-order valence-electron chi connectivity index (χ3n) is 5.39. The molecule has 166 valence electrons. The normalized spacial score (nSPS) is 15.4. The minimum absolute atomic E-state index is 0. The van der Waals surface area contributed by atoms with Gasteiger partial charge in [-0.1, -0.05) is 30.3 Å². The van der Waals surface area contributed by atoms with Gasteiger partial charge in [0.2, 0.25) is 0 Å². The molecule has 3 heterocycles. The molecule has 2 N–H and O–H groups in total. The van der Waals surface area contributed by atoms with Gasteiger partial charge in [-0.25, -0.2) is 4.99 Å². The number of rotatable bonds is 8. The first-order valence-corrected chi connectivity index (χ1v) is 10.7. The van der Waals surface area contributed by atoms with E-state index in [2.05, 4.69) is 45.9 Å². The van der Waals surface area contributed by atoms with Crippen LogP contribution in [-0.2, 0) is 19.5 Å². The highest BCUT2D eigenvalue weighted by atomic mass is 127. The maximum Gasteiger partial charge on any atom is 0.191 e. The van der Waals surface area contributed by atoms with Crippen molar-refractivity contribution in [2.45, 2.75) is 38.4 Å². The fourth-order valence-electron chi connectivity index (χ4n) is 3.74. The second kappa shape index (κ2) is 12.6. The second-order valence-corrected chi connectivity index (χ2v) is 7.68. The third-order valence-corrected chi connectivity index (χ3v) is 5.39. The Kier molecular flexibility index (Phi) is 9.48. The molecule has 0 atom stereocenters. The van der Waals surface area contributed by atoms with Crippen LogP contribution in [-0.4, -0.2) is 36.5 Å². The number of likely N-dealkylation sites (tertiary alicyclic amines) is 1. The molecule has 1 saturated heterocycles. The number of nitrogens with zero attached hydrogens (tertiary/aromatic N) is 2. The molecule has 1 aromatic carbocycles. The quantitative estimate of drug-likeness (QED) is 0.254. The molecule has 1 aliphatic rings. The van der Waals surface area contributed by atoms with Crippen molar-refractivity contribution in [3.8, 4) is 0 Å².